The zero-order valence-corrected chi connectivity index (χ0v) is 14.1. The molecular formula is C9H10Br3O4P. The number of phosphoric ester groups is 1. The van der Waals surface area contributed by atoms with Crippen LogP contribution in [0.3, 0.4) is 0 Å². The molecule has 4 nitrogen and oxygen atoms in total. The van der Waals surface area contributed by atoms with Gasteiger partial charge in [0.15, 0.2) is 0 Å². The summed E-state index contributed by atoms with van der Waals surface area (Å²) in [6, 6.07) is 6.75. The minimum Gasteiger partial charge on any atom is -0.404 e. The van der Waals surface area contributed by atoms with Gasteiger partial charge in [-0.2, -0.15) is 0 Å². The third kappa shape index (κ3) is 5.85. The standard InChI is InChI=1S/C9H10Br3O4P/c10-7(9(11)12)5-6-3-1-2-4-8(6)16-17(13,14)15/h1-4,7,9H,5H2,(H2,13,14,15). The molecule has 0 aliphatic heterocycles. The van der Waals surface area contributed by atoms with Gasteiger partial charge in [0.1, 0.15) is 5.75 Å². The molecule has 1 rings (SSSR count). The van der Waals surface area contributed by atoms with E-state index in [9.17, 15) is 4.57 Å². The highest BCUT2D eigenvalue weighted by Crippen LogP contribution is 2.39. The first kappa shape index (κ1) is 15.7. The van der Waals surface area contributed by atoms with Crippen LogP contribution in [-0.2, 0) is 11.0 Å². The van der Waals surface area contributed by atoms with Crippen LogP contribution in [0.4, 0.5) is 0 Å². The molecule has 0 bridgehead atoms. The van der Waals surface area contributed by atoms with Crippen molar-refractivity contribution in [2.75, 3.05) is 0 Å². The maximum absolute atomic E-state index is 10.8. The molecule has 1 aromatic rings. The number of rotatable bonds is 5. The summed E-state index contributed by atoms with van der Waals surface area (Å²) < 4.78 is 15.5. The van der Waals surface area contributed by atoms with Gasteiger partial charge in [-0.3, -0.25) is 9.79 Å². The molecular weight excluding hydrogens is 443 g/mol. The second kappa shape index (κ2) is 6.68. The summed E-state index contributed by atoms with van der Waals surface area (Å²) in [5.74, 6) is 0.200. The summed E-state index contributed by atoms with van der Waals surface area (Å²) in [5.41, 5.74) is 0.724. The van der Waals surface area contributed by atoms with Crippen LogP contribution in [0, 0.1) is 0 Å². The molecule has 0 saturated heterocycles. The normalized spacial score (nSPS) is 13.8. The topological polar surface area (TPSA) is 66.8 Å². The Morgan fingerprint density at radius 1 is 1.24 bits per heavy atom. The van der Waals surface area contributed by atoms with E-state index in [0.29, 0.717) is 6.42 Å². The van der Waals surface area contributed by atoms with Crippen LogP contribution in [0.1, 0.15) is 5.56 Å². The van der Waals surface area contributed by atoms with Crippen LogP contribution in [0.25, 0.3) is 0 Å². The summed E-state index contributed by atoms with van der Waals surface area (Å²) in [5, 5.41) is 0. The molecule has 0 heterocycles. The molecule has 0 amide bonds. The fourth-order valence-corrected chi connectivity index (χ4v) is 2.35. The molecule has 2 N–H and O–H groups in total. The van der Waals surface area contributed by atoms with Gasteiger partial charge in [0.2, 0.25) is 0 Å². The monoisotopic (exact) mass is 450 g/mol. The Balaban J connectivity index is 2.88. The van der Waals surface area contributed by atoms with Crippen molar-refractivity contribution in [2.24, 2.45) is 0 Å². The molecule has 0 radical (unpaired) electrons. The highest BCUT2D eigenvalue weighted by molar-refractivity contribution is 9.25. The van der Waals surface area contributed by atoms with Crippen LogP contribution in [-0.4, -0.2) is 18.4 Å². The Labute approximate surface area is 124 Å². The average Bonchev–Trinajstić information content (AvgIpc) is 2.18. The van der Waals surface area contributed by atoms with E-state index in [1.807, 2.05) is 0 Å². The predicted molar refractivity (Wildman–Crippen MR) is 77.2 cm³/mol. The minimum absolute atomic E-state index is 0.0538. The van der Waals surface area contributed by atoms with Crippen LogP contribution >= 0.6 is 55.6 Å². The van der Waals surface area contributed by atoms with Crippen LogP contribution in [0.15, 0.2) is 24.3 Å². The summed E-state index contributed by atoms with van der Waals surface area (Å²) in [7, 11) is -4.52. The van der Waals surface area contributed by atoms with Crippen LogP contribution in [0.5, 0.6) is 5.75 Å². The SMILES string of the molecule is O=P(O)(O)Oc1ccccc1CC(Br)C(Br)Br. The third-order valence-electron chi connectivity index (χ3n) is 1.88. The van der Waals surface area contributed by atoms with Crippen molar-refractivity contribution >= 4 is 55.6 Å². The van der Waals surface area contributed by atoms with E-state index in [1.54, 1.807) is 18.2 Å². The maximum Gasteiger partial charge on any atom is 0.524 e. The lowest BCUT2D eigenvalue weighted by molar-refractivity contribution is 0.282. The molecule has 0 fully saturated rings. The molecule has 1 aromatic carbocycles. The van der Waals surface area contributed by atoms with Gasteiger partial charge in [-0.1, -0.05) is 66.0 Å². The Hall–Kier alpha value is 0.610. The number of hydrogen-bond donors (Lipinski definition) is 2. The lowest BCUT2D eigenvalue weighted by Gasteiger charge is -2.15. The van der Waals surface area contributed by atoms with Gasteiger partial charge in [0.25, 0.3) is 0 Å². The quantitative estimate of drug-likeness (QED) is 0.529. The lowest BCUT2D eigenvalue weighted by atomic mass is 10.1. The third-order valence-corrected chi connectivity index (χ3v) is 5.86. The number of phosphoric acid groups is 1. The average molecular weight is 453 g/mol. The van der Waals surface area contributed by atoms with Crippen molar-refractivity contribution in [1.29, 1.82) is 0 Å². The van der Waals surface area contributed by atoms with Gasteiger partial charge in [0.05, 0.1) is 3.74 Å². The maximum atomic E-state index is 10.8. The van der Waals surface area contributed by atoms with Gasteiger partial charge in [0, 0.05) is 4.83 Å². The molecule has 0 spiro atoms. The molecule has 8 heteroatoms. The second-order valence-corrected chi connectivity index (χ2v) is 8.79. The lowest BCUT2D eigenvalue weighted by Crippen LogP contribution is -2.11. The van der Waals surface area contributed by atoms with Gasteiger partial charge in [-0.05, 0) is 18.1 Å². The van der Waals surface area contributed by atoms with Gasteiger partial charge < -0.3 is 4.52 Å². The Bertz CT molecular complexity index is 420. The first-order valence-electron chi connectivity index (χ1n) is 4.55. The molecule has 0 saturated carbocycles. The molecule has 96 valence electrons. The highest BCUT2D eigenvalue weighted by Gasteiger charge is 2.20. The van der Waals surface area contributed by atoms with Crippen molar-refractivity contribution < 1.29 is 18.9 Å². The fourth-order valence-electron chi connectivity index (χ4n) is 1.19. The van der Waals surface area contributed by atoms with E-state index in [0.717, 1.165) is 5.56 Å². The molecule has 1 unspecified atom stereocenters. The summed E-state index contributed by atoms with van der Waals surface area (Å²) in [6.45, 7) is 0. The smallest absolute Gasteiger partial charge is 0.404 e. The second-order valence-electron chi connectivity index (χ2n) is 3.24. The predicted octanol–water partition coefficient (Wildman–Crippen LogP) is 3.58. The first-order valence-corrected chi connectivity index (χ1v) is 8.82. The number of halogens is 3. The molecule has 0 aliphatic carbocycles. The number of alkyl halides is 3. The Morgan fingerprint density at radius 3 is 2.35 bits per heavy atom. The van der Waals surface area contributed by atoms with Crippen molar-refractivity contribution in [3.05, 3.63) is 29.8 Å². The number of hydrogen-bond acceptors (Lipinski definition) is 2. The van der Waals surface area contributed by atoms with E-state index in [4.69, 9.17) is 9.79 Å². The summed E-state index contributed by atoms with van der Waals surface area (Å²) in [4.78, 5) is 17.7. The van der Waals surface area contributed by atoms with Crippen molar-refractivity contribution in [2.45, 2.75) is 15.0 Å². The van der Waals surface area contributed by atoms with Gasteiger partial charge in [-0.25, -0.2) is 4.57 Å². The van der Waals surface area contributed by atoms with Crippen molar-refractivity contribution in [3.8, 4) is 5.75 Å². The molecule has 17 heavy (non-hydrogen) atoms. The zero-order valence-electron chi connectivity index (χ0n) is 8.46. The Kier molecular flexibility index (Phi) is 6.16. The molecule has 1 atom stereocenters. The van der Waals surface area contributed by atoms with E-state index < -0.39 is 7.82 Å². The summed E-state index contributed by atoms with van der Waals surface area (Å²) >= 11 is 10.2. The minimum atomic E-state index is -4.52. The van der Waals surface area contributed by atoms with Crippen molar-refractivity contribution in [3.63, 3.8) is 0 Å². The highest BCUT2D eigenvalue weighted by atomic mass is 79.9. The van der Waals surface area contributed by atoms with Crippen LogP contribution < -0.4 is 4.52 Å². The van der Waals surface area contributed by atoms with Crippen molar-refractivity contribution in [1.82, 2.24) is 0 Å². The first-order chi connectivity index (χ1) is 7.79. The van der Waals surface area contributed by atoms with Gasteiger partial charge in [-0.15, -0.1) is 0 Å². The molecule has 0 aromatic heterocycles. The summed E-state index contributed by atoms with van der Waals surface area (Å²) in [6.07, 6.45) is 0.567. The number of para-hydroxylation sites is 1. The van der Waals surface area contributed by atoms with Crippen LogP contribution in [0.2, 0.25) is 0 Å². The fraction of sp³-hybridized carbons (Fsp3) is 0.333. The number of benzene rings is 1. The Morgan fingerprint density at radius 2 is 1.82 bits per heavy atom. The molecule has 0 aliphatic rings. The van der Waals surface area contributed by atoms with E-state index in [1.165, 1.54) is 6.07 Å². The van der Waals surface area contributed by atoms with Gasteiger partial charge >= 0.3 is 7.82 Å². The van der Waals surface area contributed by atoms with E-state index in [2.05, 4.69) is 52.3 Å². The largest absolute Gasteiger partial charge is 0.524 e. The zero-order chi connectivity index (χ0) is 13.1. The van der Waals surface area contributed by atoms with E-state index >= 15 is 0 Å². The van der Waals surface area contributed by atoms with E-state index in [-0.39, 0.29) is 14.3 Å².